The highest BCUT2D eigenvalue weighted by molar-refractivity contribution is 5.84. The minimum absolute atomic E-state index is 0.161. The maximum Gasteiger partial charge on any atom is 0.239 e. The van der Waals surface area contributed by atoms with Crippen LogP contribution in [-0.4, -0.2) is 43.7 Å². The van der Waals surface area contributed by atoms with Crippen molar-refractivity contribution in [2.24, 2.45) is 11.1 Å². The highest BCUT2D eigenvalue weighted by Gasteiger charge is 2.31. The van der Waals surface area contributed by atoms with Gasteiger partial charge in [-0.3, -0.25) is 9.59 Å². The van der Waals surface area contributed by atoms with Crippen molar-refractivity contribution in [3.8, 4) is 0 Å². The zero-order chi connectivity index (χ0) is 13.1. The maximum absolute atomic E-state index is 11.9. The third-order valence-electron chi connectivity index (χ3n) is 2.97. The van der Waals surface area contributed by atoms with E-state index in [0.29, 0.717) is 13.2 Å². The van der Waals surface area contributed by atoms with E-state index in [0.717, 1.165) is 0 Å². The second-order valence-electron chi connectivity index (χ2n) is 4.97. The fourth-order valence-corrected chi connectivity index (χ4v) is 1.53. The van der Waals surface area contributed by atoms with Gasteiger partial charge in [-0.2, -0.15) is 0 Å². The Morgan fingerprint density at radius 1 is 1.53 bits per heavy atom. The van der Waals surface area contributed by atoms with E-state index in [1.54, 1.807) is 13.8 Å². The molecule has 1 saturated heterocycles. The molecule has 17 heavy (non-hydrogen) atoms. The van der Waals surface area contributed by atoms with E-state index in [4.69, 9.17) is 10.5 Å². The molecule has 0 unspecified atom stereocenters. The van der Waals surface area contributed by atoms with Crippen molar-refractivity contribution in [3.63, 3.8) is 0 Å². The lowest BCUT2D eigenvalue weighted by molar-refractivity contribution is -0.130. The van der Waals surface area contributed by atoms with Gasteiger partial charge in [-0.1, -0.05) is 0 Å². The summed E-state index contributed by atoms with van der Waals surface area (Å²) in [7, 11) is 0. The molecule has 6 heteroatoms. The summed E-state index contributed by atoms with van der Waals surface area (Å²) in [4.78, 5) is 23.0. The third kappa shape index (κ3) is 3.67. The molecule has 98 valence electrons. The van der Waals surface area contributed by atoms with Crippen LogP contribution in [0.1, 0.15) is 20.8 Å². The number of rotatable bonds is 4. The second-order valence-corrected chi connectivity index (χ2v) is 4.97. The van der Waals surface area contributed by atoms with Gasteiger partial charge in [0.25, 0.3) is 0 Å². The summed E-state index contributed by atoms with van der Waals surface area (Å²) in [6, 6.07) is -0.368. The number of ether oxygens (including phenoxy) is 1. The topological polar surface area (TPSA) is 93.4 Å². The number of morpholine rings is 1. The van der Waals surface area contributed by atoms with Gasteiger partial charge in [0.2, 0.25) is 11.8 Å². The summed E-state index contributed by atoms with van der Waals surface area (Å²) < 4.78 is 5.38. The molecule has 0 aromatic heterocycles. The molecule has 0 aromatic rings. The predicted octanol–water partition coefficient (Wildman–Crippen LogP) is -1.01. The molecule has 1 heterocycles. The highest BCUT2D eigenvalue weighted by atomic mass is 16.5. The predicted molar refractivity (Wildman–Crippen MR) is 63.2 cm³/mol. The maximum atomic E-state index is 11.9. The monoisotopic (exact) mass is 243 g/mol. The van der Waals surface area contributed by atoms with Crippen molar-refractivity contribution in [2.75, 3.05) is 19.7 Å². The zero-order valence-corrected chi connectivity index (χ0v) is 10.6. The molecular formula is C11H21N3O3. The van der Waals surface area contributed by atoms with E-state index in [1.807, 2.05) is 6.92 Å². The minimum atomic E-state index is -0.742. The lowest BCUT2D eigenvalue weighted by Crippen LogP contribution is -2.57. The van der Waals surface area contributed by atoms with Crippen molar-refractivity contribution in [2.45, 2.75) is 32.9 Å². The van der Waals surface area contributed by atoms with Gasteiger partial charge in [0, 0.05) is 13.1 Å². The third-order valence-corrected chi connectivity index (χ3v) is 2.97. The molecule has 2 atom stereocenters. The summed E-state index contributed by atoms with van der Waals surface area (Å²) in [5, 5.41) is 5.80. The minimum Gasteiger partial charge on any atom is -0.375 e. The van der Waals surface area contributed by atoms with Crippen LogP contribution in [0.4, 0.5) is 0 Å². The van der Waals surface area contributed by atoms with Crippen molar-refractivity contribution < 1.29 is 14.3 Å². The fraction of sp³-hybridized carbons (Fsp3) is 0.818. The SMILES string of the molecule is C[C@H]1OCCN[C@@H]1C(=O)NCC(C)(C)C(N)=O. The summed E-state index contributed by atoms with van der Waals surface area (Å²) in [6.45, 7) is 6.73. The van der Waals surface area contributed by atoms with Crippen LogP contribution in [0, 0.1) is 5.41 Å². The normalized spacial score (nSPS) is 25.4. The van der Waals surface area contributed by atoms with Crippen LogP contribution in [0.5, 0.6) is 0 Å². The Kier molecular flexibility index (Phi) is 4.47. The van der Waals surface area contributed by atoms with Crippen LogP contribution in [0.3, 0.4) is 0 Å². The average molecular weight is 243 g/mol. The number of primary amides is 1. The summed E-state index contributed by atoms with van der Waals surface area (Å²) in [6.07, 6.45) is -0.166. The van der Waals surface area contributed by atoms with Gasteiger partial charge in [-0.15, -0.1) is 0 Å². The standard InChI is InChI=1S/C11H21N3O3/c1-7-8(13-4-5-17-7)9(15)14-6-11(2,3)10(12)16/h7-8,13H,4-6H2,1-3H3,(H2,12,16)(H,14,15)/t7-,8+/m1/s1. The van der Waals surface area contributed by atoms with Crippen LogP contribution in [0.15, 0.2) is 0 Å². The van der Waals surface area contributed by atoms with Crippen molar-refractivity contribution in [1.82, 2.24) is 10.6 Å². The highest BCUT2D eigenvalue weighted by Crippen LogP contribution is 2.12. The van der Waals surface area contributed by atoms with Gasteiger partial charge >= 0.3 is 0 Å². The smallest absolute Gasteiger partial charge is 0.239 e. The van der Waals surface area contributed by atoms with Crippen LogP contribution in [0.2, 0.25) is 0 Å². The molecule has 0 aliphatic carbocycles. The van der Waals surface area contributed by atoms with Gasteiger partial charge in [-0.25, -0.2) is 0 Å². The Bertz CT molecular complexity index is 304. The van der Waals surface area contributed by atoms with Crippen LogP contribution < -0.4 is 16.4 Å². The molecule has 1 rings (SSSR count). The first-order valence-corrected chi connectivity index (χ1v) is 5.77. The van der Waals surface area contributed by atoms with Gasteiger partial charge in [0.05, 0.1) is 18.1 Å². The molecule has 0 bridgehead atoms. The Morgan fingerprint density at radius 2 is 2.18 bits per heavy atom. The van der Waals surface area contributed by atoms with E-state index in [9.17, 15) is 9.59 Å². The largest absolute Gasteiger partial charge is 0.375 e. The Balaban J connectivity index is 2.46. The molecular weight excluding hydrogens is 222 g/mol. The summed E-state index contributed by atoms with van der Waals surface area (Å²) in [5.74, 6) is -0.592. The van der Waals surface area contributed by atoms with Gasteiger partial charge in [0.1, 0.15) is 6.04 Å². The molecule has 6 nitrogen and oxygen atoms in total. The van der Waals surface area contributed by atoms with E-state index >= 15 is 0 Å². The number of hydrogen-bond donors (Lipinski definition) is 3. The van der Waals surface area contributed by atoms with Crippen LogP contribution >= 0.6 is 0 Å². The van der Waals surface area contributed by atoms with E-state index in [1.165, 1.54) is 0 Å². The van der Waals surface area contributed by atoms with E-state index in [-0.39, 0.29) is 24.6 Å². The van der Waals surface area contributed by atoms with Gasteiger partial charge in [-0.05, 0) is 20.8 Å². The van der Waals surface area contributed by atoms with E-state index in [2.05, 4.69) is 10.6 Å². The van der Waals surface area contributed by atoms with Crippen molar-refractivity contribution in [3.05, 3.63) is 0 Å². The number of nitrogens with one attached hydrogen (secondary N) is 2. The molecule has 1 aliphatic rings. The molecule has 0 radical (unpaired) electrons. The second kappa shape index (κ2) is 5.46. The number of carbonyl (C=O) groups excluding carboxylic acids is 2. The molecule has 2 amide bonds. The molecule has 0 spiro atoms. The van der Waals surface area contributed by atoms with Gasteiger partial charge in [0.15, 0.2) is 0 Å². The van der Waals surface area contributed by atoms with Gasteiger partial charge < -0.3 is 21.1 Å². The Morgan fingerprint density at radius 3 is 2.71 bits per heavy atom. The van der Waals surface area contributed by atoms with Crippen molar-refractivity contribution in [1.29, 1.82) is 0 Å². The molecule has 4 N–H and O–H groups in total. The Hall–Kier alpha value is -1.14. The molecule has 1 aliphatic heterocycles. The molecule has 1 fully saturated rings. The number of hydrogen-bond acceptors (Lipinski definition) is 4. The summed E-state index contributed by atoms with van der Waals surface area (Å²) >= 11 is 0. The Labute approximate surface area is 101 Å². The number of carbonyl (C=O) groups is 2. The number of nitrogens with two attached hydrogens (primary N) is 1. The summed E-state index contributed by atoms with van der Waals surface area (Å²) in [5.41, 5.74) is 4.49. The zero-order valence-electron chi connectivity index (χ0n) is 10.6. The first-order chi connectivity index (χ1) is 7.84. The molecule has 0 saturated carbocycles. The first-order valence-electron chi connectivity index (χ1n) is 5.77. The average Bonchev–Trinajstić information content (AvgIpc) is 2.26. The van der Waals surface area contributed by atoms with E-state index < -0.39 is 11.3 Å². The fourth-order valence-electron chi connectivity index (χ4n) is 1.53. The first kappa shape index (κ1) is 13.9. The molecule has 0 aromatic carbocycles. The lowest BCUT2D eigenvalue weighted by atomic mass is 9.92. The van der Waals surface area contributed by atoms with Crippen LogP contribution in [0.25, 0.3) is 0 Å². The number of amides is 2. The van der Waals surface area contributed by atoms with Crippen LogP contribution in [-0.2, 0) is 14.3 Å². The quantitative estimate of drug-likeness (QED) is 0.590. The lowest BCUT2D eigenvalue weighted by Gasteiger charge is -2.30. The van der Waals surface area contributed by atoms with Crippen molar-refractivity contribution >= 4 is 11.8 Å².